The molecular formula is C14H20N2O2. The predicted octanol–water partition coefficient (Wildman–Crippen LogP) is 1.58. The molecule has 2 saturated heterocycles. The van der Waals surface area contributed by atoms with Crippen molar-refractivity contribution in [1.29, 1.82) is 0 Å². The van der Waals surface area contributed by atoms with E-state index >= 15 is 0 Å². The Morgan fingerprint density at radius 1 is 1.33 bits per heavy atom. The van der Waals surface area contributed by atoms with Gasteiger partial charge in [0, 0.05) is 24.7 Å². The van der Waals surface area contributed by atoms with Crippen LogP contribution in [0, 0.1) is 0 Å². The minimum atomic E-state index is -0.1000. The van der Waals surface area contributed by atoms with Gasteiger partial charge in [0.15, 0.2) is 0 Å². The number of methoxy groups -OCH3 is 1. The van der Waals surface area contributed by atoms with E-state index in [1.54, 1.807) is 7.11 Å². The van der Waals surface area contributed by atoms with Crippen LogP contribution >= 0.6 is 0 Å². The minimum Gasteiger partial charge on any atom is -0.481 e. The number of aromatic nitrogens is 1. The summed E-state index contributed by atoms with van der Waals surface area (Å²) in [5, 5.41) is 9.79. The van der Waals surface area contributed by atoms with Gasteiger partial charge in [-0.15, -0.1) is 0 Å². The molecule has 0 saturated carbocycles. The van der Waals surface area contributed by atoms with Crippen molar-refractivity contribution in [3.8, 4) is 5.88 Å². The highest BCUT2D eigenvalue weighted by Crippen LogP contribution is 2.36. The average Bonchev–Trinajstić information content (AvgIpc) is 2.62. The molecule has 2 unspecified atom stereocenters. The molecule has 18 heavy (non-hydrogen) atoms. The van der Waals surface area contributed by atoms with Gasteiger partial charge in [-0.25, -0.2) is 4.98 Å². The number of nitrogens with zero attached hydrogens (tertiary/aromatic N) is 2. The number of fused-ring (bicyclic) bond motifs is 2. The number of hydrogen-bond donors (Lipinski definition) is 1. The molecule has 0 aromatic carbocycles. The molecular weight excluding hydrogens is 228 g/mol. The highest BCUT2D eigenvalue weighted by Gasteiger charge is 2.39. The number of pyridine rings is 1. The monoisotopic (exact) mass is 248 g/mol. The second kappa shape index (κ2) is 4.86. The normalized spacial score (nSPS) is 31.6. The van der Waals surface area contributed by atoms with Crippen molar-refractivity contribution in [3.05, 3.63) is 23.9 Å². The van der Waals surface area contributed by atoms with Crippen LogP contribution in [-0.2, 0) is 6.54 Å². The van der Waals surface area contributed by atoms with Crippen LogP contribution in [0.15, 0.2) is 18.2 Å². The second-order valence-electron chi connectivity index (χ2n) is 5.35. The first-order valence-electron chi connectivity index (χ1n) is 6.70. The Morgan fingerprint density at radius 2 is 2.06 bits per heavy atom. The molecule has 2 aliphatic rings. The van der Waals surface area contributed by atoms with E-state index in [-0.39, 0.29) is 6.10 Å². The summed E-state index contributed by atoms with van der Waals surface area (Å²) < 4.78 is 5.16. The van der Waals surface area contributed by atoms with Gasteiger partial charge in [0.25, 0.3) is 0 Å². The van der Waals surface area contributed by atoms with Crippen molar-refractivity contribution in [3.63, 3.8) is 0 Å². The molecule has 1 N–H and O–H groups in total. The smallest absolute Gasteiger partial charge is 0.213 e. The van der Waals surface area contributed by atoms with Crippen LogP contribution in [0.2, 0.25) is 0 Å². The fraction of sp³-hybridized carbons (Fsp3) is 0.643. The first-order chi connectivity index (χ1) is 8.76. The molecule has 2 aliphatic heterocycles. The van der Waals surface area contributed by atoms with E-state index in [1.807, 2.05) is 18.2 Å². The third kappa shape index (κ3) is 2.22. The molecule has 1 aromatic rings. The van der Waals surface area contributed by atoms with Crippen LogP contribution in [0.4, 0.5) is 0 Å². The van der Waals surface area contributed by atoms with Crippen LogP contribution in [0.5, 0.6) is 5.88 Å². The van der Waals surface area contributed by atoms with E-state index in [4.69, 9.17) is 4.74 Å². The zero-order valence-corrected chi connectivity index (χ0v) is 10.7. The molecule has 3 rings (SSSR count). The van der Waals surface area contributed by atoms with Crippen molar-refractivity contribution >= 4 is 0 Å². The van der Waals surface area contributed by atoms with E-state index in [1.165, 1.54) is 12.8 Å². The number of aliphatic hydroxyl groups is 1. The van der Waals surface area contributed by atoms with Crippen LogP contribution < -0.4 is 4.74 Å². The molecule has 1 aromatic heterocycles. The molecule has 3 heterocycles. The van der Waals surface area contributed by atoms with Gasteiger partial charge in [-0.1, -0.05) is 6.07 Å². The Labute approximate surface area is 108 Å². The number of ether oxygens (including phenoxy) is 1. The highest BCUT2D eigenvalue weighted by molar-refractivity contribution is 5.16. The van der Waals surface area contributed by atoms with E-state index < -0.39 is 0 Å². The molecule has 4 nitrogen and oxygen atoms in total. The molecule has 0 amide bonds. The minimum absolute atomic E-state index is 0.1000. The Hall–Kier alpha value is -1.13. The molecule has 0 spiro atoms. The summed E-state index contributed by atoms with van der Waals surface area (Å²) in [4.78, 5) is 6.98. The van der Waals surface area contributed by atoms with E-state index in [0.717, 1.165) is 25.1 Å². The molecule has 4 heteroatoms. The van der Waals surface area contributed by atoms with Gasteiger partial charge in [-0.05, 0) is 31.7 Å². The first-order valence-corrected chi connectivity index (χ1v) is 6.70. The number of hydrogen-bond acceptors (Lipinski definition) is 4. The molecule has 0 aliphatic carbocycles. The number of rotatable bonds is 3. The maximum Gasteiger partial charge on any atom is 0.213 e. The van der Waals surface area contributed by atoms with Crippen molar-refractivity contribution in [2.75, 3.05) is 7.11 Å². The zero-order valence-electron chi connectivity index (χ0n) is 10.7. The molecule has 2 bridgehead atoms. The van der Waals surface area contributed by atoms with Crippen molar-refractivity contribution in [2.45, 2.75) is 50.4 Å². The summed E-state index contributed by atoms with van der Waals surface area (Å²) in [6.07, 6.45) is 4.16. The number of aliphatic hydroxyl groups excluding tert-OH is 1. The maximum absolute atomic E-state index is 9.79. The summed E-state index contributed by atoms with van der Waals surface area (Å²) in [7, 11) is 1.65. The third-order valence-corrected chi connectivity index (χ3v) is 4.19. The van der Waals surface area contributed by atoms with Gasteiger partial charge in [0.2, 0.25) is 5.88 Å². The maximum atomic E-state index is 9.79. The van der Waals surface area contributed by atoms with Crippen LogP contribution in [0.3, 0.4) is 0 Å². The van der Waals surface area contributed by atoms with Crippen LogP contribution in [0.1, 0.15) is 31.4 Å². The van der Waals surface area contributed by atoms with Gasteiger partial charge >= 0.3 is 0 Å². The molecule has 2 atom stereocenters. The van der Waals surface area contributed by atoms with Gasteiger partial charge < -0.3 is 9.84 Å². The van der Waals surface area contributed by atoms with Crippen molar-refractivity contribution in [1.82, 2.24) is 9.88 Å². The fourth-order valence-electron chi connectivity index (χ4n) is 3.35. The van der Waals surface area contributed by atoms with Gasteiger partial charge in [0.1, 0.15) is 0 Å². The highest BCUT2D eigenvalue weighted by atomic mass is 16.5. The second-order valence-corrected chi connectivity index (χ2v) is 5.35. The van der Waals surface area contributed by atoms with Crippen molar-refractivity contribution < 1.29 is 9.84 Å². The quantitative estimate of drug-likeness (QED) is 0.882. The standard InChI is InChI=1S/C14H20N2O2/c1-18-14-4-2-3-10(15-14)9-16-11-5-6-12(16)8-13(17)7-11/h2-4,11-13,17H,5-9H2,1H3. The topological polar surface area (TPSA) is 45.6 Å². The summed E-state index contributed by atoms with van der Waals surface area (Å²) in [5.74, 6) is 0.678. The Kier molecular flexibility index (Phi) is 3.22. The Morgan fingerprint density at radius 3 is 2.72 bits per heavy atom. The zero-order chi connectivity index (χ0) is 12.5. The lowest BCUT2D eigenvalue weighted by molar-refractivity contribution is 0.0303. The molecule has 2 fully saturated rings. The van der Waals surface area contributed by atoms with Gasteiger partial charge in [-0.3, -0.25) is 4.90 Å². The molecule has 0 radical (unpaired) electrons. The van der Waals surface area contributed by atoms with E-state index in [2.05, 4.69) is 9.88 Å². The Balaban J connectivity index is 1.73. The number of piperidine rings is 1. The summed E-state index contributed by atoms with van der Waals surface area (Å²) in [6.45, 7) is 0.874. The lowest BCUT2D eigenvalue weighted by Crippen LogP contribution is -2.44. The largest absolute Gasteiger partial charge is 0.481 e. The van der Waals surface area contributed by atoms with E-state index in [0.29, 0.717) is 18.0 Å². The SMILES string of the molecule is COc1cccc(CN2C3CCC2CC(O)C3)n1. The van der Waals surface area contributed by atoms with Crippen LogP contribution in [0.25, 0.3) is 0 Å². The predicted molar refractivity (Wildman–Crippen MR) is 68.4 cm³/mol. The van der Waals surface area contributed by atoms with Crippen LogP contribution in [-0.4, -0.2) is 40.3 Å². The Bertz CT molecular complexity index is 410. The third-order valence-electron chi connectivity index (χ3n) is 4.19. The van der Waals surface area contributed by atoms with Crippen molar-refractivity contribution in [2.24, 2.45) is 0 Å². The first kappa shape index (κ1) is 11.9. The van der Waals surface area contributed by atoms with Gasteiger partial charge in [0.05, 0.1) is 18.9 Å². The lowest BCUT2D eigenvalue weighted by atomic mass is 10.00. The summed E-state index contributed by atoms with van der Waals surface area (Å²) in [6, 6.07) is 6.98. The summed E-state index contributed by atoms with van der Waals surface area (Å²) >= 11 is 0. The summed E-state index contributed by atoms with van der Waals surface area (Å²) in [5.41, 5.74) is 1.06. The average molecular weight is 248 g/mol. The van der Waals surface area contributed by atoms with E-state index in [9.17, 15) is 5.11 Å². The molecule has 98 valence electrons. The fourth-order valence-corrected chi connectivity index (χ4v) is 3.35. The van der Waals surface area contributed by atoms with Gasteiger partial charge in [-0.2, -0.15) is 0 Å². The lowest BCUT2D eigenvalue weighted by Gasteiger charge is -2.36.